The van der Waals surface area contributed by atoms with Gasteiger partial charge in [0.1, 0.15) is 4.83 Å². The summed E-state index contributed by atoms with van der Waals surface area (Å²) in [7, 11) is 0. The highest BCUT2D eigenvalue weighted by Crippen LogP contribution is 2.30. The molecule has 0 spiro atoms. The number of aliphatic hydroxyl groups excluding tert-OH is 1. The quantitative estimate of drug-likeness (QED) is 0.749. The number of thiophene rings is 1. The van der Waals surface area contributed by atoms with Gasteiger partial charge < -0.3 is 10.0 Å². The molecule has 1 saturated heterocycles. The van der Waals surface area contributed by atoms with Crippen molar-refractivity contribution >= 4 is 43.9 Å². The van der Waals surface area contributed by atoms with Gasteiger partial charge >= 0.3 is 0 Å². The van der Waals surface area contributed by atoms with Crippen molar-refractivity contribution in [3.63, 3.8) is 0 Å². The van der Waals surface area contributed by atoms with Crippen molar-refractivity contribution < 1.29 is 9.90 Å². The van der Waals surface area contributed by atoms with E-state index in [1.54, 1.807) is 16.2 Å². The van der Waals surface area contributed by atoms with Crippen molar-refractivity contribution in [2.24, 2.45) is 5.92 Å². The molecule has 0 radical (unpaired) electrons. The molecule has 0 aliphatic carbocycles. The van der Waals surface area contributed by atoms with Crippen molar-refractivity contribution in [2.45, 2.75) is 19.4 Å². The lowest BCUT2D eigenvalue weighted by molar-refractivity contribution is 0.0251. The van der Waals surface area contributed by atoms with Crippen LogP contribution in [0.15, 0.2) is 17.6 Å². The summed E-state index contributed by atoms with van der Waals surface area (Å²) in [6.45, 7) is 3.17. The predicted molar refractivity (Wildman–Crippen MR) is 84.1 cm³/mol. The Labute approximate surface area is 129 Å². The molecular formula is C14H15N3O2S2. The maximum atomic E-state index is 12.6. The molecule has 0 aromatic carbocycles. The molecule has 4 rings (SSSR count). The molecule has 1 fully saturated rings. The molecule has 3 aromatic heterocycles. The number of hydrogen-bond acceptors (Lipinski definition) is 5. The number of likely N-dealkylation sites (tertiary alicyclic amines) is 1. The summed E-state index contributed by atoms with van der Waals surface area (Å²) in [6, 6.07) is 1.92. The van der Waals surface area contributed by atoms with Gasteiger partial charge in [-0.05, 0) is 18.4 Å². The Morgan fingerprint density at radius 1 is 1.52 bits per heavy atom. The molecule has 2 unspecified atom stereocenters. The third-order valence-electron chi connectivity index (χ3n) is 4.16. The van der Waals surface area contributed by atoms with E-state index in [2.05, 4.69) is 4.98 Å². The Morgan fingerprint density at radius 2 is 2.38 bits per heavy atom. The Hall–Kier alpha value is -1.44. The van der Waals surface area contributed by atoms with Gasteiger partial charge in [0.2, 0.25) is 0 Å². The van der Waals surface area contributed by atoms with Gasteiger partial charge in [0.15, 0.2) is 4.96 Å². The molecule has 5 nitrogen and oxygen atoms in total. The van der Waals surface area contributed by atoms with Gasteiger partial charge in [-0.25, -0.2) is 4.98 Å². The maximum Gasteiger partial charge on any atom is 0.264 e. The smallest absolute Gasteiger partial charge is 0.264 e. The summed E-state index contributed by atoms with van der Waals surface area (Å²) in [5, 5.41) is 11.9. The molecule has 110 valence electrons. The van der Waals surface area contributed by atoms with Crippen molar-refractivity contribution in [2.75, 3.05) is 13.1 Å². The number of fused-ring (bicyclic) bond motifs is 3. The number of nitrogens with zero attached hydrogens (tertiary/aromatic N) is 3. The number of imidazole rings is 1. The van der Waals surface area contributed by atoms with Crippen LogP contribution >= 0.6 is 22.7 Å². The fourth-order valence-electron chi connectivity index (χ4n) is 2.74. The van der Waals surface area contributed by atoms with Crippen LogP contribution in [-0.2, 0) is 0 Å². The fourth-order valence-corrected chi connectivity index (χ4v) is 4.51. The number of carbonyl (C=O) groups is 1. The van der Waals surface area contributed by atoms with Crippen molar-refractivity contribution in [3.8, 4) is 0 Å². The van der Waals surface area contributed by atoms with Crippen molar-refractivity contribution in [3.05, 3.63) is 22.5 Å². The first kappa shape index (κ1) is 13.2. The van der Waals surface area contributed by atoms with Crippen molar-refractivity contribution in [1.82, 2.24) is 14.3 Å². The average molecular weight is 321 g/mol. The molecule has 1 N–H and O–H groups in total. The zero-order valence-corrected chi connectivity index (χ0v) is 13.2. The van der Waals surface area contributed by atoms with Gasteiger partial charge in [-0.3, -0.25) is 9.20 Å². The third-order valence-corrected chi connectivity index (χ3v) is 5.92. The molecule has 0 bridgehead atoms. The largest absolute Gasteiger partial charge is 0.391 e. The summed E-state index contributed by atoms with van der Waals surface area (Å²) >= 11 is 3.02. The lowest BCUT2D eigenvalue weighted by Crippen LogP contribution is -2.45. The van der Waals surface area contributed by atoms with Gasteiger partial charge in [0.05, 0.1) is 16.5 Å². The minimum atomic E-state index is -0.419. The normalized spacial score (nSPS) is 23.2. The predicted octanol–water partition coefficient (Wildman–Crippen LogP) is 2.45. The highest BCUT2D eigenvalue weighted by Gasteiger charge is 2.29. The van der Waals surface area contributed by atoms with E-state index in [9.17, 15) is 9.90 Å². The number of thiazole rings is 1. The summed E-state index contributed by atoms with van der Waals surface area (Å²) in [4.78, 5) is 21.4. The van der Waals surface area contributed by atoms with E-state index in [0.29, 0.717) is 18.0 Å². The number of hydrogen-bond donors (Lipinski definition) is 1. The molecular weight excluding hydrogens is 306 g/mol. The molecule has 0 saturated carbocycles. The maximum absolute atomic E-state index is 12.6. The van der Waals surface area contributed by atoms with Crippen LogP contribution in [0.1, 0.15) is 23.0 Å². The number of rotatable bonds is 1. The number of amides is 1. The van der Waals surface area contributed by atoms with E-state index in [1.807, 2.05) is 29.0 Å². The fraction of sp³-hybridized carbons (Fsp3) is 0.429. The lowest BCUT2D eigenvalue weighted by Gasteiger charge is -2.33. The summed E-state index contributed by atoms with van der Waals surface area (Å²) < 4.78 is 2.01. The molecule has 1 aliphatic heterocycles. The number of piperidine rings is 1. The zero-order chi connectivity index (χ0) is 14.6. The van der Waals surface area contributed by atoms with Gasteiger partial charge in [-0.2, -0.15) is 0 Å². The van der Waals surface area contributed by atoms with Crippen LogP contribution in [0.4, 0.5) is 0 Å². The van der Waals surface area contributed by atoms with Crippen LogP contribution in [-0.4, -0.2) is 44.5 Å². The second kappa shape index (κ2) is 4.79. The molecule has 21 heavy (non-hydrogen) atoms. The second-order valence-corrected chi connectivity index (χ2v) is 7.46. The first-order chi connectivity index (χ1) is 10.1. The van der Waals surface area contributed by atoms with Crippen LogP contribution in [0.25, 0.3) is 15.3 Å². The van der Waals surface area contributed by atoms with Gasteiger partial charge in [0, 0.05) is 24.7 Å². The molecule has 2 atom stereocenters. The van der Waals surface area contributed by atoms with Crippen LogP contribution in [0.3, 0.4) is 0 Å². The van der Waals surface area contributed by atoms with E-state index >= 15 is 0 Å². The number of aromatic nitrogens is 2. The molecule has 1 amide bonds. The Morgan fingerprint density at radius 3 is 3.19 bits per heavy atom. The van der Waals surface area contributed by atoms with Crippen LogP contribution in [0.5, 0.6) is 0 Å². The van der Waals surface area contributed by atoms with E-state index in [0.717, 1.165) is 21.7 Å². The van der Waals surface area contributed by atoms with E-state index < -0.39 is 6.10 Å². The minimum absolute atomic E-state index is 0.00734. The summed E-state index contributed by atoms with van der Waals surface area (Å²) in [5.74, 6) is 0.272. The number of aliphatic hydroxyl groups is 1. The molecule has 1 aliphatic rings. The minimum Gasteiger partial charge on any atom is -0.391 e. The monoisotopic (exact) mass is 321 g/mol. The summed E-state index contributed by atoms with van der Waals surface area (Å²) in [5.41, 5.74) is 0.991. The van der Waals surface area contributed by atoms with E-state index in [4.69, 9.17) is 0 Å². The molecule has 7 heteroatoms. The Bertz CT molecular complexity index is 819. The van der Waals surface area contributed by atoms with Crippen molar-refractivity contribution in [1.29, 1.82) is 0 Å². The molecule has 3 aromatic rings. The van der Waals surface area contributed by atoms with E-state index in [-0.39, 0.29) is 11.8 Å². The number of β-amino-alcohol motifs (C(OH)–C–C–N with tert-alkyl or cyclic N) is 1. The van der Waals surface area contributed by atoms with Crippen LogP contribution in [0, 0.1) is 5.92 Å². The van der Waals surface area contributed by atoms with Gasteiger partial charge in [0.25, 0.3) is 5.91 Å². The number of carbonyl (C=O) groups excluding carboxylic acids is 1. The van der Waals surface area contributed by atoms with E-state index in [1.165, 1.54) is 11.3 Å². The Kier molecular flexibility index (Phi) is 3.02. The first-order valence-electron chi connectivity index (χ1n) is 6.96. The SMILES string of the molecule is CC1CCN(C(=O)c2cc3c(nc4sccn43)s2)CC1O. The van der Waals surface area contributed by atoms with Crippen LogP contribution < -0.4 is 0 Å². The molecule has 4 heterocycles. The first-order valence-corrected chi connectivity index (χ1v) is 8.65. The van der Waals surface area contributed by atoms with Crippen LogP contribution in [0.2, 0.25) is 0 Å². The third kappa shape index (κ3) is 2.07. The average Bonchev–Trinajstić information content (AvgIpc) is 3.12. The topological polar surface area (TPSA) is 57.8 Å². The second-order valence-electron chi connectivity index (χ2n) is 5.55. The standard InChI is InChI=1S/C14H15N3O2S2/c1-8-2-3-16(7-10(8)18)13(19)11-6-9-12(21-11)15-14-17(9)4-5-20-14/h4-6,8,10,18H,2-3,7H2,1H3. The van der Waals surface area contributed by atoms with Gasteiger partial charge in [-0.1, -0.05) is 6.92 Å². The van der Waals surface area contributed by atoms with Gasteiger partial charge in [-0.15, -0.1) is 22.7 Å². The lowest BCUT2D eigenvalue weighted by atomic mass is 9.96. The highest BCUT2D eigenvalue weighted by molar-refractivity contribution is 7.21. The zero-order valence-electron chi connectivity index (χ0n) is 11.5. The highest BCUT2D eigenvalue weighted by atomic mass is 32.1. The Balaban J connectivity index is 1.66. The summed E-state index contributed by atoms with van der Waals surface area (Å²) in [6.07, 6.45) is 2.41.